The molecule has 4 heteroatoms. The first-order valence-electron chi connectivity index (χ1n) is 4.90. The highest BCUT2D eigenvalue weighted by atomic mass is 79.9. The zero-order chi connectivity index (χ0) is 11.0. The van der Waals surface area contributed by atoms with Gasteiger partial charge in [0.2, 0.25) is 0 Å². The van der Waals surface area contributed by atoms with Crippen molar-refractivity contribution in [2.24, 2.45) is 7.05 Å². The molecule has 0 saturated heterocycles. The molecule has 0 bridgehead atoms. The van der Waals surface area contributed by atoms with Gasteiger partial charge in [-0.1, -0.05) is 15.9 Å². The Balaban J connectivity index is 2.77. The predicted molar refractivity (Wildman–Crippen MR) is 65.9 cm³/mol. The minimum absolute atomic E-state index is 0.856. The van der Waals surface area contributed by atoms with Gasteiger partial charge in [-0.15, -0.1) is 0 Å². The average molecular weight is 268 g/mol. The summed E-state index contributed by atoms with van der Waals surface area (Å²) in [4.78, 5) is 0. The van der Waals surface area contributed by atoms with Crippen molar-refractivity contribution in [1.82, 2.24) is 15.1 Å². The van der Waals surface area contributed by atoms with Crippen LogP contribution < -0.4 is 5.32 Å². The molecule has 0 saturated carbocycles. The highest BCUT2D eigenvalue weighted by Gasteiger charge is 2.10. The summed E-state index contributed by atoms with van der Waals surface area (Å²) in [5.41, 5.74) is 3.56. The van der Waals surface area contributed by atoms with Crippen LogP contribution in [0.5, 0.6) is 0 Å². The standard InChI is InChI=1S/C11H14BrN3/c1-7-10-5-9(12)4-8(6-13-2)11(10)15(3)14-7/h4-5,13H,6H2,1-3H3. The van der Waals surface area contributed by atoms with Crippen LogP contribution in [-0.2, 0) is 13.6 Å². The Hall–Kier alpha value is -0.870. The maximum atomic E-state index is 4.44. The van der Waals surface area contributed by atoms with Crippen LogP contribution in [0.2, 0.25) is 0 Å². The molecule has 0 aliphatic carbocycles. The van der Waals surface area contributed by atoms with Gasteiger partial charge in [-0.3, -0.25) is 4.68 Å². The van der Waals surface area contributed by atoms with Gasteiger partial charge in [0.1, 0.15) is 0 Å². The molecule has 0 radical (unpaired) electrons. The number of hydrogen-bond donors (Lipinski definition) is 1. The Kier molecular flexibility index (Phi) is 2.80. The number of hydrogen-bond acceptors (Lipinski definition) is 2. The van der Waals surface area contributed by atoms with Crippen molar-refractivity contribution in [2.75, 3.05) is 7.05 Å². The molecule has 3 nitrogen and oxygen atoms in total. The molecular weight excluding hydrogens is 254 g/mol. The lowest BCUT2D eigenvalue weighted by Gasteiger charge is -2.05. The molecule has 0 atom stereocenters. The molecular formula is C11H14BrN3. The molecule has 0 aliphatic rings. The van der Waals surface area contributed by atoms with Gasteiger partial charge in [-0.25, -0.2) is 0 Å². The number of nitrogens with zero attached hydrogens (tertiary/aromatic N) is 2. The molecule has 15 heavy (non-hydrogen) atoms. The highest BCUT2D eigenvalue weighted by Crippen LogP contribution is 2.26. The molecule has 0 spiro atoms. The van der Waals surface area contributed by atoms with E-state index in [0.29, 0.717) is 0 Å². The van der Waals surface area contributed by atoms with Crippen molar-refractivity contribution >= 4 is 26.8 Å². The summed E-state index contributed by atoms with van der Waals surface area (Å²) in [7, 11) is 3.94. The van der Waals surface area contributed by atoms with Gasteiger partial charge >= 0.3 is 0 Å². The molecule has 0 unspecified atom stereocenters. The second-order valence-electron chi connectivity index (χ2n) is 3.70. The first-order valence-corrected chi connectivity index (χ1v) is 5.69. The highest BCUT2D eigenvalue weighted by molar-refractivity contribution is 9.10. The SMILES string of the molecule is CNCc1cc(Br)cc2c(C)nn(C)c12. The van der Waals surface area contributed by atoms with Gasteiger partial charge < -0.3 is 5.32 Å². The number of benzene rings is 1. The Morgan fingerprint density at radius 2 is 2.20 bits per heavy atom. The third-order valence-electron chi connectivity index (χ3n) is 2.53. The first-order chi connectivity index (χ1) is 7.13. The smallest absolute Gasteiger partial charge is 0.0727 e. The number of halogens is 1. The van der Waals surface area contributed by atoms with Crippen LogP contribution in [0.15, 0.2) is 16.6 Å². The van der Waals surface area contributed by atoms with E-state index in [4.69, 9.17) is 0 Å². The Bertz CT molecular complexity index is 502. The summed E-state index contributed by atoms with van der Waals surface area (Å²) in [6, 6.07) is 4.26. The van der Waals surface area contributed by atoms with Crippen molar-refractivity contribution in [3.8, 4) is 0 Å². The summed E-state index contributed by atoms with van der Waals surface area (Å²) < 4.78 is 3.06. The molecule has 0 aliphatic heterocycles. The zero-order valence-corrected chi connectivity index (χ0v) is 10.7. The van der Waals surface area contributed by atoms with Crippen molar-refractivity contribution in [1.29, 1.82) is 0 Å². The average Bonchev–Trinajstić information content (AvgIpc) is 2.42. The van der Waals surface area contributed by atoms with E-state index in [2.05, 4.69) is 38.5 Å². The number of nitrogens with one attached hydrogen (secondary N) is 1. The van der Waals surface area contributed by atoms with Gasteiger partial charge in [0, 0.05) is 23.5 Å². The predicted octanol–water partition coefficient (Wildman–Crippen LogP) is 2.36. The lowest BCUT2D eigenvalue weighted by molar-refractivity contribution is 0.765. The largest absolute Gasteiger partial charge is 0.316 e. The maximum Gasteiger partial charge on any atom is 0.0727 e. The van der Waals surface area contributed by atoms with Crippen molar-refractivity contribution in [2.45, 2.75) is 13.5 Å². The summed E-state index contributed by atoms with van der Waals surface area (Å²) in [5, 5.41) is 8.84. The van der Waals surface area contributed by atoms with Crippen LogP contribution in [0, 0.1) is 6.92 Å². The van der Waals surface area contributed by atoms with E-state index < -0.39 is 0 Å². The van der Waals surface area contributed by atoms with Crippen molar-refractivity contribution < 1.29 is 0 Å². The van der Waals surface area contributed by atoms with Crippen LogP contribution in [0.25, 0.3) is 10.9 Å². The lowest BCUT2D eigenvalue weighted by Crippen LogP contribution is -2.07. The Morgan fingerprint density at radius 3 is 2.87 bits per heavy atom. The maximum absolute atomic E-state index is 4.44. The molecule has 1 aromatic carbocycles. The minimum atomic E-state index is 0.856. The van der Waals surface area contributed by atoms with Crippen molar-refractivity contribution in [3.63, 3.8) is 0 Å². The van der Waals surface area contributed by atoms with E-state index in [1.807, 2.05) is 25.7 Å². The molecule has 1 N–H and O–H groups in total. The van der Waals surface area contributed by atoms with E-state index in [9.17, 15) is 0 Å². The zero-order valence-electron chi connectivity index (χ0n) is 9.13. The molecule has 2 rings (SSSR count). The second kappa shape index (κ2) is 3.94. The first kappa shape index (κ1) is 10.6. The third kappa shape index (κ3) is 1.79. The fourth-order valence-electron chi connectivity index (χ4n) is 1.97. The van der Waals surface area contributed by atoms with Gasteiger partial charge in [-0.05, 0) is 31.7 Å². The lowest BCUT2D eigenvalue weighted by atomic mass is 10.1. The van der Waals surface area contributed by atoms with E-state index in [-0.39, 0.29) is 0 Å². The quantitative estimate of drug-likeness (QED) is 0.906. The summed E-state index contributed by atoms with van der Waals surface area (Å²) in [6.07, 6.45) is 0. The summed E-state index contributed by atoms with van der Waals surface area (Å²) in [6.45, 7) is 2.90. The molecule has 1 aromatic heterocycles. The van der Waals surface area contributed by atoms with E-state index >= 15 is 0 Å². The summed E-state index contributed by atoms with van der Waals surface area (Å²) in [5.74, 6) is 0. The topological polar surface area (TPSA) is 29.9 Å². The van der Waals surface area contributed by atoms with E-state index in [1.54, 1.807) is 0 Å². The van der Waals surface area contributed by atoms with Crippen LogP contribution in [-0.4, -0.2) is 16.8 Å². The molecule has 0 fully saturated rings. The monoisotopic (exact) mass is 267 g/mol. The number of fused-ring (bicyclic) bond motifs is 1. The van der Waals surface area contributed by atoms with Gasteiger partial charge in [0.25, 0.3) is 0 Å². The fraction of sp³-hybridized carbons (Fsp3) is 0.364. The molecule has 1 heterocycles. The number of rotatable bonds is 2. The van der Waals surface area contributed by atoms with E-state index in [1.165, 1.54) is 16.5 Å². The van der Waals surface area contributed by atoms with Gasteiger partial charge in [0.15, 0.2) is 0 Å². The summed E-state index contributed by atoms with van der Waals surface area (Å²) >= 11 is 3.53. The number of aromatic nitrogens is 2. The number of aryl methyl sites for hydroxylation is 2. The van der Waals surface area contributed by atoms with E-state index in [0.717, 1.165) is 16.7 Å². The molecule has 2 aromatic rings. The van der Waals surface area contributed by atoms with Crippen LogP contribution in [0.1, 0.15) is 11.3 Å². The van der Waals surface area contributed by atoms with Gasteiger partial charge in [-0.2, -0.15) is 5.10 Å². The van der Waals surface area contributed by atoms with Crippen LogP contribution in [0.3, 0.4) is 0 Å². The fourth-order valence-corrected chi connectivity index (χ4v) is 2.47. The van der Waals surface area contributed by atoms with Gasteiger partial charge in [0.05, 0.1) is 11.2 Å². The van der Waals surface area contributed by atoms with Crippen LogP contribution >= 0.6 is 15.9 Å². The Labute approximate surface area is 97.6 Å². The third-order valence-corrected chi connectivity index (χ3v) is 2.99. The Morgan fingerprint density at radius 1 is 1.47 bits per heavy atom. The normalized spacial score (nSPS) is 11.2. The minimum Gasteiger partial charge on any atom is -0.316 e. The molecule has 0 amide bonds. The van der Waals surface area contributed by atoms with Crippen molar-refractivity contribution in [3.05, 3.63) is 27.9 Å². The van der Waals surface area contributed by atoms with Crippen LogP contribution in [0.4, 0.5) is 0 Å². The molecule has 80 valence electrons. The second-order valence-corrected chi connectivity index (χ2v) is 4.62.